The van der Waals surface area contributed by atoms with Crippen LogP contribution in [0.1, 0.15) is 5.56 Å². The van der Waals surface area contributed by atoms with Gasteiger partial charge in [-0.25, -0.2) is 0 Å². The van der Waals surface area contributed by atoms with Crippen molar-refractivity contribution >= 4 is 71.1 Å². The number of pyridine rings is 1. The van der Waals surface area contributed by atoms with Crippen LogP contribution >= 0.6 is 0 Å². The number of fused-ring (bicyclic) bond motifs is 11. The van der Waals surface area contributed by atoms with Gasteiger partial charge < -0.3 is 18.4 Å². The molecule has 241 valence electrons. The quantitative estimate of drug-likeness (QED) is 0.163. The number of benzene rings is 6. The van der Waals surface area contributed by atoms with Crippen LogP contribution in [0.4, 0.5) is 0 Å². The van der Waals surface area contributed by atoms with Gasteiger partial charge in [-0.3, -0.25) is 4.98 Å². The van der Waals surface area contributed by atoms with E-state index in [4.69, 9.17) is 9.40 Å². The van der Waals surface area contributed by atoms with E-state index in [1.54, 1.807) is 0 Å². The number of para-hydroxylation sites is 2. The molecule has 0 saturated heterocycles. The largest absolute Gasteiger partial charge is 0.456 e. The van der Waals surface area contributed by atoms with E-state index in [2.05, 4.69) is 106 Å². The number of aryl methyl sites for hydroxylation is 2. The molecule has 6 heteroatoms. The van der Waals surface area contributed by atoms with Gasteiger partial charge in [0.1, 0.15) is 11.2 Å². The minimum atomic E-state index is 0. The fourth-order valence-corrected chi connectivity index (χ4v) is 7.44. The minimum absolute atomic E-state index is 0. The van der Waals surface area contributed by atoms with E-state index >= 15 is 0 Å². The molecule has 0 aliphatic heterocycles. The molecule has 0 spiro atoms. The zero-order chi connectivity index (χ0) is 32.6. The molecular weight excluding hydrogens is 793 g/mol. The number of nitrogens with zero attached hydrogens (tertiary/aromatic N) is 4. The molecule has 0 saturated carbocycles. The van der Waals surface area contributed by atoms with Crippen molar-refractivity contribution in [2.45, 2.75) is 6.92 Å². The van der Waals surface area contributed by atoms with Crippen LogP contribution in [0.15, 0.2) is 138 Å². The first-order valence-electron chi connectivity index (χ1n) is 16.4. The van der Waals surface area contributed by atoms with Gasteiger partial charge in [-0.05, 0) is 42.4 Å². The van der Waals surface area contributed by atoms with Gasteiger partial charge in [0.15, 0.2) is 0 Å². The van der Waals surface area contributed by atoms with Crippen molar-refractivity contribution in [3.8, 4) is 22.6 Å². The van der Waals surface area contributed by atoms with Gasteiger partial charge in [0.25, 0.3) is 0 Å². The third-order valence-corrected chi connectivity index (χ3v) is 9.66. The molecule has 1 radical (unpaired) electrons. The number of hydrogen-bond donors (Lipinski definition) is 0. The Hall–Kier alpha value is -5.81. The number of rotatable bonds is 2. The summed E-state index contributed by atoms with van der Waals surface area (Å²) in [6, 6.07) is 50.3. The molecule has 0 bridgehead atoms. The molecule has 6 aromatic carbocycles. The van der Waals surface area contributed by atoms with Gasteiger partial charge in [-0.15, -0.1) is 71.8 Å². The van der Waals surface area contributed by atoms with Gasteiger partial charge >= 0.3 is 0 Å². The summed E-state index contributed by atoms with van der Waals surface area (Å²) in [6.07, 6.45) is 1.87. The maximum absolute atomic E-state index is 6.48. The molecule has 0 aliphatic rings. The summed E-state index contributed by atoms with van der Waals surface area (Å²) < 4.78 is 11.0. The summed E-state index contributed by atoms with van der Waals surface area (Å²) in [4.78, 5) is 9.28. The Labute approximate surface area is 301 Å². The van der Waals surface area contributed by atoms with Gasteiger partial charge in [0, 0.05) is 66.3 Å². The van der Waals surface area contributed by atoms with E-state index in [9.17, 15) is 0 Å². The van der Waals surface area contributed by atoms with Crippen LogP contribution in [0.25, 0.3) is 93.7 Å². The predicted molar refractivity (Wildman–Crippen MR) is 200 cm³/mol. The molecule has 50 heavy (non-hydrogen) atoms. The fourth-order valence-electron chi connectivity index (χ4n) is 7.44. The van der Waals surface area contributed by atoms with Gasteiger partial charge in [-0.1, -0.05) is 48.5 Å². The normalized spacial score (nSPS) is 11.6. The van der Waals surface area contributed by atoms with Crippen LogP contribution in [-0.4, -0.2) is 18.9 Å². The van der Waals surface area contributed by atoms with Crippen LogP contribution in [0, 0.1) is 19.1 Å². The van der Waals surface area contributed by atoms with E-state index in [0.29, 0.717) is 0 Å². The Morgan fingerprint density at radius 1 is 0.620 bits per heavy atom. The Morgan fingerprint density at radius 2 is 1.36 bits per heavy atom. The summed E-state index contributed by atoms with van der Waals surface area (Å²) in [6.45, 7) is 2.03. The maximum Gasteiger partial charge on any atom is 0.137 e. The third-order valence-electron chi connectivity index (χ3n) is 9.66. The topological polar surface area (TPSA) is 48.3 Å². The number of furan rings is 1. The van der Waals surface area contributed by atoms with Gasteiger partial charge in [0.05, 0.1) is 38.8 Å². The van der Waals surface area contributed by atoms with Gasteiger partial charge in [-0.2, -0.15) is 0 Å². The Balaban J connectivity index is 0.000000204. The standard InChI is InChI=1S/C32H18N3O.C12H10N.Ir/c1-34-31-24(33-32(34)18-8-3-2-4-9-18)14-15-27-29(31)23-16-22-21-12-7-11-20-19-10-5-6-13-25(19)35(30(20)21)26(22)17-28(23)36-27;1-10-7-8-12(13-9-10)11-5-3-2-4-6-11;/h2-8,10-17H,1H3;2-5,7-9H,1H3;/q2*-1;. The zero-order valence-corrected chi connectivity index (χ0v) is 29.6. The molecular formula is C44H28IrN4O-2. The first-order chi connectivity index (χ1) is 24.1. The summed E-state index contributed by atoms with van der Waals surface area (Å²) in [7, 11) is 2.08. The zero-order valence-electron chi connectivity index (χ0n) is 27.2. The summed E-state index contributed by atoms with van der Waals surface area (Å²) in [5, 5.41) is 7.31. The van der Waals surface area contributed by atoms with Crippen LogP contribution in [0.3, 0.4) is 0 Å². The molecule has 0 atom stereocenters. The average Bonchev–Trinajstić information content (AvgIpc) is 3.88. The Bertz CT molecular complexity index is 2990. The molecule has 0 aliphatic carbocycles. The van der Waals surface area contributed by atoms with Crippen molar-refractivity contribution in [1.29, 1.82) is 0 Å². The van der Waals surface area contributed by atoms with Crippen LogP contribution < -0.4 is 0 Å². The van der Waals surface area contributed by atoms with Crippen molar-refractivity contribution in [3.63, 3.8) is 0 Å². The first-order valence-corrected chi connectivity index (χ1v) is 16.4. The van der Waals surface area contributed by atoms with Crippen molar-refractivity contribution in [2.24, 2.45) is 7.05 Å². The summed E-state index contributed by atoms with van der Waals surface area (Å²) in [5.74, 6) is 0.904. The number of hydrogen-bond acceptors (Lipinski definition) is 3. The van der Waals surface area contributed by atoms with E-state index in [0.717, 1.165) is 55.6 Å². The maximum atomic E-state index is 6.48. The predicted octanol–water partition coefficient (Wildman–Crippen LogP) is 10.9. The van der Waals surface area contributed by atoms with Crippen LogP contribution in [0.5, 0.6) is 0 Å². The van der Waals surface area contributed by atoms with Crippen LogP contribution in [-0.2, 0) is 27.2 Å². The van der Waals surface area contributed by atoms with Crippen molar-refractivity contribution in [2.75, 3.05) is 0 Å². The van der Waals surface area contributed by atoms with Crippen molar-refractivity contribution in [3.05, 3.63) is 151 Å². The third kappa shape index (κ3) is 4.49. The monoisotopic (exact) mass is 821 g/mol. The first kappa shape index (κ1) is 30.3. The Kier molecular flexibility index (Phi) is 7.06. The fraction of sp³-hybridized carbons (Fsp3) is 0.0455. The van der Waals surface area contributed by atoms with Crippen molar-refractivity contribution in [1.82, 2.24) is 18.9 Å². The molecule has 0 unspecified atom stereocenters. The molecule has 0 fully saturated rings. The summed E-state index contributed by atoms with van der Waals surface area (Å²) in [5.41, 5.74) is 11.7. The molecule has 11 aromatic rings. The molecule has 5 heterocycles. The van der Waals surface area contributed by atoms with E-state index in [1.807, 2.05) is 67.7 Å². The Morgan fingerprint density at radius 3 is 2.12 bits per heavy atom. The SMILES string of the molecule is Cc1ccc(-c2[c-]cccc2)nc1.Cn1c(-c2[c-]cccc2)nc2ccc3oc4cc5c(cc4c3c21)c1cccc2c3ccccc3n5c21.[Ir]. The minimum Gasteiger partial charge on any atom is -0.456 e. The average molecular weight is 821 g/mol. The molecule has 11 rings (SSSR count). The smallest absolute Gasteiger partial charge is 0.137 e. The second-order valence-corrected chi connectivity index (χ2v) is 12.6. The van der Waals surface area contributed by atoms with Crippen molar-refractivity contribution < 1.29 is 24.5 Å². The van der Waals surface area contributed by atoms with Crippen LogP contribution in [0.2, 0.25) is 0 Å². The van der Waals surface area contributed by atoms with Gasteiger partial charge in [0.2, 0.25) is 0 Å². The molecule has 0 amide bonds. The van der Waals surface area contributed by atoms with E-state index < -0.39 is 0 Å². The summed E-state index contributed by atoms with van der Waals surface area (Å²) >= 11 is 0. The molecule has 0 N–H and O–H groups in total. The van der Waals surface area contributed by atoms with E-state index in [-0.39, 0.29) is 20.1 Å². The van der Waals surface area contributed by atoms with E-state index in [1.165, 1.54) is 43.7 Å². The number of aromatic nitrogens is 4. The second kappa shape index (κ2) is 11.7. The molecule has 5 aromatic heterocycles. The molecule has 5 nitrogen and oxygen atoms in total. The second-order valence-electron chi connectivity index (χ2n) is 12.6. The number of imidazole rings is 1.